The minimum Gasteiger partial charge on any atom is -0.449 e. The molecule has 10 heteroatoms. The first-order valence-corrected chi connectivity index (χ1v) is 20.0. The number of carbonyl (C=O) groups excluding carboxylic acids is 4. The minimum absolute atomic E-state index is 0.00598. The van der Waals surface area contributed by atoms with E-state index in [0.717, 1.165) is 50.1 Å². The highest BCUT2D eigenvalue weighted by Crippen LogP contribution is 2.44. The highest BCUT2D eigenvalue weighted by Gasteiger charge is 2.38. The molecule has 0 spiro atoms. The molecule has 0 saturated heterocycles. The normalized spacial score (nSPS) is 12.7. The second-order valence-electron chi connectivity index (χ2n) is 14.8. The van der Waals surface area contributed by atoms with Gasteiger partial charge in [-0.3, -0.25) is 14.4 Å². The van der Waals surface area contributed by atoms with E-state index in [9.17, 15) is 19.2 Å². The number of ether oxygens (including phenoxy) is 1. The zero-order valence-corrected chi connectivity index (χ0v) is 33.6. The van der Waals surface area contributed by atoms with Crippen LogP contribution in [0.15, 0.2) is 169 Å². The van der Waals surface area contributed by atoms with Crippen molar-refractivity contribution >= 4 is 29.5 Å². The zero-order valence-electron chi connectivity index (χ0n) is 33.6. The van der Waals surface area contributed by atoms with E-state index >= 15 is 0 Å². The number of nitrogens with zero attached hydrogens (tertiary/aromatic N) is 1. The molecule has 0 radical (unpaired) electrons. The lowest BCUT2D eigenvalue weighted by atomic mass is 9.77. The highest BCUT2D eigenvalue weighted by atomic mass is 16.5. The fourth-order valence-corrected chi connectivity index (χ4v) is 7.66. The third-order valence-corrected chi connectivity index (χ3v) is 10.8. The smallest absolute Gasteiger partial charge is 0.407 e. The van der Waals surface area contributed by atoms with Crippen molar-refractivity contribution in [2.75, 3.05) is 6.61 Å². The van der Waals surface area contributed by atoms with Crippen LogP contribution in [0, 0.1) is 6.92 Å². The van der Waals surface area contributed by atoms with Gasteiger partial charge < -0.3 is 20.7 Å². The summed E-state index contributed by atoms with van der Waals surface area (Å²) in [6.45, 7) is 3.76. The van der Waals surface area contributed by atoms with E-state index in [2.05, 4.69) is 26.5 Å². The molecule has 4 N–H and O–H groups in total. The van der Waals surface area contributed by atoms with Crippen molar-refractivity contribution in [3.05, 3.63) is 203 Å². The number of hydrogen-bond donors (Lipinski definition) is 4. The Morgan fingerprint density at radius 3 is 1.70 bits per heavy atom. The quantitative estimate of drug-likeness (QED) is 0.0476. The SMILES string of the molecule is C/C(=N/NC(=O)[C@H](CCC(=O)NC(c1ccccc1)(c1ccccc1)c1ccccc1)NC(=O)OCC1c2ccccc2-c2ccccc21)C(=O)NCc1ccc(C)cc1. The standard InChI is InChI=1S/C50H47N5O5/c1-34-26-28-36(29-27-34)32-51-47(57)35(2)54-55-48(58)45(52-49(59)60-33-44-42-24-14-12-22-40(42)41-23-13-15-25-43(41)44)30-31-46(56)53-50(37-16-6-3-7-17-37,38-18-8-4-9-19-38)39-20-10-5-11-21-39/h3-29,44-45H,30-33H2,1-2H3,(H,51,57)(H,52,59)(H,53,56)(H,55,58)/b54-35-/t45-/m0/s1. The maximum absolute atomic E-state index is 14.2. The van der Waals surface area contributed by atoms with E-state index in [-0.39, 0.29) is 43.5 Å². The number of aryl methyl sites for hydroxylation is 1. The van der Waals surface area contributed by atoms with Crippen molar-refractivity contribution in [2.24, 2.45) is 5.10 Å². The van der Waals surface area contributed by atoms with Crippen LogP contribution < -0.4 is 21.4 Å². The molecule has 60 heavy (non-hydrogen) atoms. The number of benzene rings is 6. The van der Waals surface area contributed by atoms with Crippen LogP contribution in [0.3, 0.4) is 0 Å². The molecule has 0 bridgehead atoms. The molecule has 0 fully saturated rings. The molecule has 1 aliphatic carbocycles. The molecule has 4 amide bonds. The molecule has 302 valence electrons. The molecule has 10 nitrogen and oxygen atoms in total. The van der Waals surface area contributed by atoms with Gasteiger partial charge in [-0.15, -0.1) is 0 Å². The molecule has 0 unspecified atom stereocenters. The third kappa shape index (κ3) is 9.34. The van der Waals surface area contributed by atoms with Crippen LogP contribution in [0.1, 0.15) is 64.6 Å². The number of nitrogens with one attached hydrogen (secondary N) is 4. The lowest BCUT2D eigenvalue weighted by Crippen LogP contribution is -2.49. The maximum Gasteiger partial charge on any atom is 0.407 e. The average Bonchev–Trinajstić information content (AvgIpc) is 3.61. The Morgan fingerprint density at radius 2 is 1.17 bits per heavy atom. The largest absolute Gasteiger partial charge is 0.449 e. The first-order valence-electron chi connectivity index (χ1n) is 20.0. The molecule has 1 atom stereocenters. The van der Waals surface area contributed by atoms with E-state index in [4.69, 9.17) is 4.74 Å². The molecule has 0 aliphatic heterocycles. The number of alkyl carbamates (subject to hydrolysis) is 1. The average molecular weight is 798 g/mol. The molecular weight excluding hydrogens is 751 g/mol. The molecule has 6 aromatic carbocycles. The Bertz CT molecular complexity index is 2330. The van der Waals surface area contributed by atoms with Gasteiger partial charge in [0.15, 0.2) is 0 Å². The molecule has 1 aliphatic rings. The zero-order chi connectivity index (χ0) is 41.9. The second kappa shape index (κ2) is 18.9. The monoisotopic (exact) mass is 797 g/mol. The van der Waals surface area contributed by atoms with Crippen LogP contribution in [0.4, 0.5) is 4.79 Å². The van der Waals surface area contributed by atoms with Gasteiger partial charge in [-0.1, -0.05) is 169 Å². The predicted octanol–water partition coefficient (Wildman–Crippen LogP) is 7.90. The van der Waals surface area contributed by atoms with Gasteiger partial charge in [0.05, 0.1) is 0 Å². The van der Waals surface area contributed by atoms with E-state index in [1.165, 1.54) is 6.92 Å². The first kappa shape index (κ1) is 40.9. The Morgan fingerprint density at radius 1 is 0.667 bits per heavy atom. The third-order valence-electron chi connectivity index (χ3n) is 10.8. The molecular formula is C50H47N5O5. The van der Waals surface area contributed by atoms with Gasteiger partial charge in [0, 0.05) is 18.9 Å². The molecule has 7 rings (SSSR count). The number of rotatable bonds is 15. The molecule has 0 aromatic heterocycles. The molecule has 0 saturated carbocycles. The van der Waals surface area contributed by atoms with Crippen LogP contribution >= 0.6 is 0 Å². The Kier molecular flexibility index (Phi) is 12.9. The first-order chi connectivity index (χ1) is 29.2. The summed E-state index contributed by atoms with van der Waals surface area (Å²) in [5, 5.41) is 12.8. The molecule has 6 aromatic rings. The van der Waals surface area contributed by atoms with Crippen molar-refractivity contribution in [3.8, 4) is 11.1 Å². The number of fused-ring (bicyclic) bond motifs is 3. The Hall–Kier alpha value is -7.33. The van der Waals surface area contributed by atoms with Crippen LogP contribution in [0.5, 0.6) is 0 Å². The Labute approximate surface area is 350 Å². The number of hydrazone groups is 1. The van der Waals surface area contributed by atoms with Gasteiger partial charge in [-0.2, -0.15) is 5.10 Å². The van der Waals surface area contributed by atoms with Crippen molar-refractivity contribution in [2.45, 2.75) is 50.7 Å². The van der Waals surface area contributed by atoms with Crippen molar-refractivity contribution < 1.29 is 23.9 Å². The number of carbonyl (C=O) groups is 4. The summed E-state index contributed by atoms with van der Waals surface area (Å²) in [7, 11) is 0. The van der Waals surface area contributed by atoms with E-state index < -0.39 is 29.5 Å². The summed E-state index contributed by atoms with van der Waals surface area (Å²) in [4.78, 5) is 54.5. The second-order valence-corrected chi connectivity index (χ2v) is 14.8. The van der Waals surface area contributed by atoms with Crippen LogP contribution in [0.25, 0.3) is 11.1 Å². The topological polar surface area (TPSA) is 138 Å². The van der Waals surface area contributed by atoms with Crippen molar-refractivity contribution in [1.29, 1.82) is 0 Å². The van der Waals surface area contributed by atoms with Crippen molar-refractivity contribution in [3.63, 3.8) is 0 Å². The lowest BCUT2D eigenvalue weighted by Gasteiger charge is -2.37. The Balaban J connectivity index is 1.09. The van der Waals surface area contributed by atoms with Crippen molar-refractivity contribution in [1.82, 2.24) is 21.4 Å². The van der Waals surface area contributed by atoms with Crippen LogP contribution in [-0.2, 0) is 31.2 Å². The van der Waals surface area contributed by atoms with E-state index in [1.54, 1.807) is 0 Å². The summed E-state index contributed by atoms with van der Waals surface area (Å²) < 4.78 is 5.80. The summed E-state index contributed by atoms with van der Waals surface area (Å²) in [5.41, 5.74) is 10.1. The number of amides is 4. The van der Waals surface area contributed by atoms with E-state index in [0.29, 0.717) is 0 Å². The van der Waals surface area contributed by atoms with Gasteiger partial charge in [0.2, 0.25) is 5.91 Å². The van der Waals surface area contributed by atoms with Gasteiger partial charge in [-0.05, 0) is 64.8 Å². The van der Waals surface area contributed by atoms with Gasteiger partial charge in [0.25, 0.3) is 11.8 Å². The summed E-state index contributed by atoms with van der Waals surface area (Å²) in [5.74, 6) is -1.76. The predicted molar refractivity (Wildman–Crippen MR) is 233 cm³/mol. The van der Waals surface area contributed by atoms with Crippen LogP contribution in [0.2, 0.25) is 0 Å². The maximum atomic E-state index is 14.2. The minimum atomic E-state index is -1.25. The van der Waals surface area contributed by atoms with E-state index in [1.807, 2.05) is 171 Å². The van der Waals surface area contributed by atoms with Gasteiger partial charge in [0.1, 0.15) is 23.9 Å². The number of hydrogen-bond acceptors (Lipinski definition) is 6. The van der Waals surface area contributed by atoms with Gasteiger partial charge >= 0.3 is 6.09 Å². The summed E-state index contributed by atoms with van der Waals surface area (Å²) in [6.07, 6.45) is -1.10. The fourth-order valence-electron chi connectivity index (χ4n) is 7.66. The fraction of sp³-hybridized carbons (Fsp3) is 0.180. The van der Waals surface area contributed by atoms with Crippen LogP contribution in [-0.4, -0.2) is 42.2 Å². The lowest BCUT2D eigenvalue weighted by molar-refractivity contribution is -0.124. The highest BCUT2D eigenvalue weighted by molar-refractivity contribution is 6.37. The van der Waals surface area contributed by atoms with Gasteiger partial charge in [-0.25, -0.2) is 10.2 Å². The summed E-state index contributed by atoms with van der Waals surface area (Å²) in [6, 6.07) is 51.6. The summed E-state index contributed by atoms with van der Waals surface area (Å²) >= 11 is 0. The molecule has 0 heterocycles.